The fourth-order valence-corrected chi connectivity index (χ4v) is 3.14. The summed E-state index contributed by atoms with van der Waals surface area (Å²) < 4.78 is 10.8. The molecule has 0 unspecified atom stereocenters. The molecule has 3 aromatic rings. The molecule has 0 bridgehead atoms. The molecule has 0 radical (unpaired) electrons. The van der Waals surface area contributed by atoms with Crippen LogP contribution >= 0.6 is 22.9 Å². The van der Waals surface area contributed by atoms with E-state index in [1.165, 1.54) is 0 Å². The summed E-state index contributed by atoms with van der Waals surface area (Å²) in [4.78, 5) is 16.7. The number of nitrogens with zero attached hydrogens (tertiary/aromatic N) is 1. The van der Waals surface area contributed by atoms with Crippen molar-refractivity contribution in [3.63, 3.8) is 0 Å². The van der Waals surface area contributed by atoms with Crippen LogP contribution in [0.4, 0.5) is 5.69 Å². The fraction of sp³-hybridized carbons (Fsp3) is 0.158. The summed E-state index contributed by atoms with van der Waals surface area (Å²) in [7, 11) is 1.54. The average molecular weight is 389 g/mol. The number of carbonyl (C=O) groups is 1. The van der Waals surface area contributed by atoms with Gasteiger partial charge in [0.15, 0.2) is 0 Å². The molecule has 0 saturated heterocycles. The number of nitrogens with one attached hydrogen (secondary N) is 1. The van der Waals surface area contributed by atoms with Gasteiger partial charge < -0.3 is 14.8 Å². The van der Waals surface area contributed by atoms with Crippen LogP contribution < -0.4 is 14.8 Å². The normalized spacial score (nSPS) is 10.4. The van der Waals surface area contributed by atoms with Crippen LogP contribution in [0, 0.1) is 6.92 Å². The number of thiazole rings is 1. The molecule has 5 nitrogen and oxygen atoms in total. The minimum atomic E-state index is -0.229. The van der Waals surface area contributed by atoms with E-state index in [0.717, 1.165) is 10.7 Å². The Morgan fingerprint density at radius 3 is 2.62 bits per heavy atom. The highest BCUT2D eigenvalue weighted by atomic mass is 35.5. The van der Waals surface area contributed by atoms with Crippen molar-refractivity contribution in [1.82, 2.24) is 4.98 Å². The van der Waals surface area contributed by atoms with Gasteiger partial charge in [0.05, 0.1) is 22.8 Å². The Balaban J connectivity index is 1.60. The molecule has 7 heteroatoms. The van der Waals surface area contributed by atoms with E-state index in [1.807, 2.05) is 12.3 Å². The first kappa shape index (κ1) is 18.2. The second-order valence-electron chi connectivity index (χ2n) is 5.47. The average Bonchev–Trinajstić information content (AvgIpc) is 3.06. The van der Waals surface area contributed by atoms with Crippen molar-refractivity contribution in [2.45, 2.75) is 13.5 Å². The van der Waals surface area contributed by atoms with E-state index >= 15 is 0 Å². The van der Waals surface area contributed by atoms with Crippen molar-refractivity contribution in [3.05, 3.63) is 69.1 Å². The van der Waals surface area contributed by atoms with Gasteiger partial charge in [-0.2, -0.15) is 0 Å². The quantitative estimate of drug-likeness (QED) is 0.649. The molecule has 3 rings (SSSR count). The van der Waals surface area contributed by atoms with E-state index in [-0.39, 0.29) is 5.91 Å². The maximum absolute atomic E-state index is 12.3. The number of rotatable bonds is 6. The van der Waals surface area contributed by atoms with Crippen LogP contribution in [0.15, 0.2) is 47.8 Å². The van der Waals surface area contributed by atoms with Gasteiger partial charge in [0.1, 0.15) is 18.1 Å². The second-order valence-corrected chi connectivity index (χ2v) is 6.94. The molecule has 0 atom stereocenters. The minimum Gasteiger partial charge on any atom is -0.495 e. The number of aryl methyl sites for hydroxylation is 1. The van der Waals surface area contributed by atoms with E-state index in [2.05, 4.69) is 10.3 Å². The van der Waals surface area contributed by atoms with Crippen molar-refractivity contribution >= 4 is 34.5 Å². The van der Waals surface area contributed by atoms with Gasteiger partial charge in [-0.3, -0.25) is 4.79 Å². The van der Waals surface area contributed by atoms with Crippen molar-refractivity contribution in [1.29, 1.82) is 0 Å². The molecule has 1 amide bonds. The molecule has 0 aliphatic rings. The summed E-state index contributed by atoms with van der Waals surface area (Å²) in [6.45, 7) is 2.36. The molecular formula is C19H17ClN2O3S. The first-order chi connectivity index (χ1) is 12.5. The highest BCUT2D eigenvalue weighted by molar-refractivity contribution is 7.09. The van der Waals surface area contributed by atoms with Gasteiger partial charge >= 0.3 is 0 Å². The molecule has 1 heterocycles. The van der Waals surface area contributed by atoms with Crippen LogP contribution in [0.5, 0.6) is 11.5 Å². The highest BCUT2D eigenvalue weighted by Crippen LogP contribution is 2.27. The van der Waals surface area contributed by atoms with Crippen LogP contribution in [0.2, 0.25) is 5.02 Å². The number of ether oxygens (including phenoxy) is 2. The zero-order valence-corrected chi connectivity index (χ0v) is 15.9. The third-order valence-corrected chi connectivity index (χ3v) is 4.70. The highest BCUT2D eigenvalue weighted by Gasteiger charge is 2.09. The van der Waals surface area contributed by atoms with Gasteiger partial charge in [-0.15, -0.1) is 11.3 Å². The summed E-state index contributed by atoms with van der Waals surface area (Å²) in [6.07, 6.45) is 0. The maximum atomic E-state index is 12.3. The van der Waals surface area contributed by atoms with Crippen molar-refractivity contribution < 1.29 is 14.3 Å². The molecule has 0 fully saturated rings. The van der Waals surface area contributed by atoms with Gasteiger partial charge in [-0.25, -0.2) is 4.98 Å². The number of anilines is 1. The molecule has 1 aromatic heterocycles. The number of benzene rings is 2. The van der Waals surface area contributed by atoms with Gasteiger partial charge in [0, 0.05) is 16.6 Å². The molecule has 0 aliphatic carbocycles. The second kappa shape index (κ2) is 8.21. The lowest BCUT2D eigenvalue weighted by atomic mass is 10.2. The number of carbonyl (C=O) groups excluding carboxylic acids is 1. The molecule has 0 spiro atoms. The lowest BCUT2D eigenvalue weighted by Crippen LogP contribution is -2.11. The third-order valence-electron chi connectivity index (χ3n) is 3.58. The monoisotopic (exact) mass is 388 g/mol. The molecule has 2 aromatic carbocycles. The number of methoxy groups -OCH3 is 1. The Morgan fingerprint density at radius 2 is 2.00 bits per heavy atom. The van der Waals surface area contributed by atoms with Gasteiger partial charge in [-0.1, -0.05) is 11.6 Å². The number of hydrogen-bond acceptors (Lipinski definition) is 5. The van der Waals surface area contributed by atoms with Crippen LogP contribution in [0.1, 0.15) is 21.1 Å². The number of halogens is 1. The summed E-state index contributed by atoms with van der Waals surface area (Å²) in [5.41, 5.74) is 2.01. The SMILES string of the molecule is COc1ccc(NC(=O)c2ccc(OCc3csc(C)n3)cc2)cc1Cl. The Hall–Kier alpha value is -2.57. The predicted molar refractivity (Wildman–Crippen MR) is 104 cm³/mol. The zero-order chi connectivity index (χ0) is 18.5. The van der Waals surface area contributed by atoms with Crippen molar-refractivity contribution in [3.8, 4) is 11.5 Å². The topological polar surface area (TPSA) is 60.5 Å². The lowest BCUT2D eigenvalue weighted by Gasteiger charge is -2.09. The Kier molecular flexibility index (Phi) is 5.75. The maximum Gasteiger partial charge on any atom is 0.255 e. The number of amides is 1. The first-order valence-electron chi connectivity index (χ1n) is 7.84. The Morgan fingerprint density at radius 1 is 1.23 bits per heavy atom. The number of aromatic nitrogens is 1. The van der Waals surface area contributed by atoms with E-state index < -0.39 is 0 Å². The molecule has 134 valence electrons. The summed E-state index contributed by atoms with van der Waals surface area (Å²) in [5, 5.41) is 6.22. The van der Waals surface area contributed by atoms with Gasteiger partial charge in [0.2, 0.25) is 0 Å². The van der Waals surface area contributed by atoms with E-state index in [4.69, 9.17) is 21.1 Å². The Labute approximate surface area is 160 Å². The first-order valence-corrected chi connectivity index (χ1v) is 9.09. The van der Waals surface area contributed by atoms with Crippen molar-refractivity contribution in [2.75, 3.05) is 12.4 Å². The standard InChI is InChI=1S/C19H17ClN2O3S/c1-12-21-15(11-26-12)10-25-16-6-3-13(4-7-16)19(23)22-14-5-8-18(24-2)17(20)9-14/h3-9,11H,10H2,1-2H3,(H,22,23). The zero-order valence-electron chi connectivity index (χ0n) is 14.3. The van der Waals surface area contributed by atoms with Crippen LogP contribution in [0.3, 0.4) is 0 Å². The summed E-state index contributed by atoms with van der Waals surface area (Å²) >= 11 is 7.66. The fourth-order valence-electron chi connectivity index (χ4n) is 2.28. The van der Waals surface area contributed by atoms with E-state index in [1.54, 1.807) is 60.9 Å². The van der Waals surface area contributed by atoms with Crippen LogP contribution in [-0.4, -0.2) is 18.0 Å². The molecule has 0 saturated carbocycles. The van der Waals surface area contributed by atoms with E-state index in [9.17, 15) is 4.79 Å². The predicted octanol–water partition coefficient (Wildman–Crippen LogP) is 4.94. The van der Waals surface area contributed by atoms with Crippen molar-refractivity contribution in [2.24, 2.45) is 0 Å². The number of hydrogen-bond donors (Lipinski definition) is 1. The molecule has 0 aliphatic heterocycles. The smallest absolute Gasteiger partial charge is 0.255 e. The minimum absolute atomic E-state index is 0.229. The molecule has 1 N–H and O–H groups in total. The summed E-state index contributed by atoms with van der Waals surface area (Å²) in [6, 6.07) is 12.0. The lowest BCUT2D eigenvalue weighted by molar-refractivity contribution is 0.102. The van der Waals surface area contributed by atoms with Gasteiger partial charge in [-0.05, 0) is 49.4 Å². The van der Waals surface area contributed by atoms with Crippen LogP contribution in [0.25, 0.3) is 0 Å². The van der Waals surface area contributed by atoms with E-state index in [0.29, 0.717) is 34.4 Å². The molecule has 26 heavy (non-hydrogen) atoms. The molecular weight excluding hydrogens is 372 g/mol. The van der Waals surface area contributed by atoms with Crippen LogP contribution in [-0.2, 0) is 6.61 Å². The third kappa shape index (κ3) is 4.53. The summed E-state index contributed by atoms with van der Waals surface area (Å²) in [5.74, 6) is 1.01. The Bertz CT molecular complexity index is 909. The van der Waals surface area contributed by atoms with Gasteiger partial charge in [0.25, 0.3) is 5.91 Å². The largest absolute Gasteiger partial charge is 0.495 e.